The molecule has 2 rings (SSSR count). The van der Waals surface area contributed by atoms with Crippen LogP contribution >= 0.6 is 0 Å². The number of hydrogen-bond acceptors (Lipinski definition) is 3. The van der Waals surface area contributed by atoms with Crippen molar-refractivity contribution in [3.05, 3.63) is 0 Å². The van der Waals surface area contributed by atoms with E-state index in [2.05, 4.69) is 18.7 Å². The third kappa shape index (κ3) is 1.93. The summed E-state index contributed by atoms with van der Waals surface area (Å²) < 4.78 is 5.57. The summed E-state index contributed by atoms with van der Waals surface area (Å²) in [5.74, 6) is 0.794. The number of likely N-dealkylation sites (tertiary alicyclic amines) is 1. The zero-order valence-electron chi connectivity index (χ0n) is 10.0. The molecule has 2 saturated heterocycles. The number of rotatable bonds is 2. The zero-order valence-corrected chi connectivity index (χ0v) is 10.0. The van der Waals surface area contributed by atoms with Gasteiger partial charge < -0.3 is 10.5 Å². The number of nitrogens with two attached hydrogens (primary N) is 1. The van der Waals surface area contributed by atoms with E-state index in [0.717, 1.165) is 32.1 Å². The van der Waals surface area contributed by atoms with Crippen LogP contribution in [0, 0.1) is 5.92 Å². The third-order valence-corrected chi connectivity index (χ3v) is 4.45. The smallest absolute Gasteiger partial charge is 0.0663 e. The van der Waals surface area contributed by atoms with Crippen LogP contribution in [0.4, 0.5) is 0 Å². The number of ether oxygens (including phenoxy) is 1. The van der Waals surface area contributed by atoms with Gasteiger partial charge in [-0.1, -0.05) is 6.92 Å². The third-order valence-electron chi connectivity index (χ3n) is 4.45. The summed E-state index contributed by atoms with van der Waals surface area (Å²) in [6.45, 7) is 8.36. The molecule has 15 heavy (non-hydrogen) atoms. The van der Waals surface area contributed by atoms with Crippen LogP contribution in [0.1, 0.15) is 33.1 Å². The first-order chi connectivity index (χ1) is 7.19. The Balaban J connectivity index is 2.12. The lowest BCUT2D eigenvalue weighted by Crippen LogP contribution is -2.60. The molecule has 0 spiro atoms. The van der Waals surface area contributed by atoms with E-state index < -0.39 is 0 Å². The van der Waals surface area contributed by atoms with Crippen LogP contribution in [0.2, 0.25) is 0 Å². The highest BCUT2D eigenvalue weighted by atomic mass is 16.5. The van der Waals surface area contributed by atoms with Gasteiger partial charge in [-0.15, -0.1) is 0 Å². The lowest BCUT2D eigenvalue weighted by Gasteiger charge is -2.48. The van der Waals surface area contributed by atoms with Gasteiger partial charge in [0, 0.05) is 19.2 Å². The van der Waals surface area contributed by atoms with E-state index in [1.54, 1.807) is 0 Å². The van der Waals surface area contributed by atoms with Gasteiger partial charge in [0.25, 0.3) is 0 Å². The minimum Gasteiger partial charge on any atom is -0.379 e. The molecular formula is C12H24N2O. The molecule has 88 valence electrons. The van der Waals surface area contributed by atoms with Crippen LogP contribution in [-0.4, -0.2) is 42.8 Å². The second-order valence-corrected chi connectivity index (χ2v) is 5.28. The Labute approximate surface area is 93.0 Å². The molecule has 0 amide bonds. The maximum atomic E-state index is 5.99. The van der Waals surface area contributed by atoms with E-state index >= 15 is 0 Å². The summed E-state index contributed by atoms with van der Waals surface area (Å²) in [7, 11) is 0. The number of nitrogens with zero attached hydrogens (tertiary/aromatic N) is 1. The molecule has 2 aliphatic heterocycles. The summed E-state index contributed by atoms with van der Waals surface area (Å²) >= 11 is 0. The minimum absolute atomic E-state index is 0.147. The quantitative estimate of drug-likeness (QED) is 0.748. The average molecular weight is 212 g/mol. The predicted octanol–water partition coefficient (Wildman–Crippen LogP) is 1.22. The fraction of sp³-hybridized carbons (Fsp3) is 1.00. The van der Waals surface area contributed by atoms with Gasteiger partial charge in [-0.2, -0.15) is 0 Å². The van der Waals surface area contributed by atoms with E-state index in [9.17, 15) is 0 Å². The second-order valence-electron chi connectivity index (χ2n) is 5.28. The number of piperidine rings is 1. The van der Waals surface area contributed by atoms with Crippen molar-refractivity contribution in [1.29, 1.82) is 0 Å². The molecule has 0 aromatic heterocycles. The molecule has 0 aromatic carbocycles. The van der Waals surface area contributed by atoms with Gasteiger partial charge in [0.15, 0.2) is 0 Å². The van der Waals surface area contributed by atoms with Crippen LogP contribution in [0.3, 0.4) is 0 Å². The summed E-state index contributed by atoms with van der Waals surface area (Å²) in [6, 6.07) is 0.656. The fourth-order valence-electron chi connectivity index (χ4n) is 3.11. The summed E-state index contributed by atoms with van der Waals surface area (Å²) in [5.41, 5.74) is 6.13. The van der Waals surface area contributed by atoms with Gasteiger partial charge in [-0.25, -0.2) is 0 Å². The molecule has 3 nitrogen and oxygen atoms in total. The Morgan fingerprint density at radius 2 is 2.27 bits per heavy atom. The molecule has 3 atom stereocenters. The normalized spacial score (nSPS) is 43.4. The molecule has 3 unspecified atom stereocenters. The maximum Gasteiger partial charge on any atom is 0.0663 e. The van der Waals surface area contributed by atoms with E-state index in [1.807, 2.05) is 0 Å². The van der Waals surface area contributed by atoms with Crippen molar-refractivity contribution < 1.29 is 4.74 Å². The SMILES string of the molecule is CC1CCCN(C2(CN)CCOC2)C1C. The van der Waals surface area contributed by atoms with Gasteiger partial charge in [-0.05, 0) is 38.6 Å². The van der Waals surface area contributed by atoms with Crippen LogP contribution in [0.25, 0.3) is 0 Å². The highest BCUT2D eigenvalue weighted by Crippen LogP contribution is 2.33. The van der Waals surface area contributed by atoms with Gasteiger partial charge in [0.05, 0.1) is 12.1 Å². The van der Waals surface area contributed by atoms with Crippen molar-refractivity contribution in [2.24, 2.45) is 11.7 Å². The molecule has 0 saturated carbocycles. The van der Waals surface area contributed by atoms with E-state index in [4.69, 9.17) is 10.5 Å². The molecule has 0 radical (unpaired) electrons. The van der Waals surface area contributed by atoms with Crippen molar-refractivity contribution >= 4 is 0 Å². The average Bonchev–Trinajstić information content (AvgIpc) is 2.72. The lowest BCUT2D eigenvalue weighted by molar-refractivity contribution is -0.00175. The van der Waals surface area contributed by atoms with Crippen molar-refractivity contribution in [3.8, 4) is 0 Å². The predicted molar refractivity (Wildman–Crippen MR) is 61.8 cm³/mol. The Kier molecular flexibility index (Phi) is 3.33. The minimum atomic E-state index is 0.147. The van der Waals surface area contributed by atoms with E-state index in [1.165, 1.54) is 19.4 Å². The molecule has 2 aliphatic rings. The lowest BCUT2D eigenvalue weighted by atomic mass is 9.85. The first-order valence-corrected chi connectivity index (χ1v) is 6.24. The monoisotopic (exact) mass is 212 g/mol. The summed E-state index contributed by atoms with van der Waals surface area (Å²) in [4.78, 5) is 2.62. The fourth-order valence-corrected chi connectivity index (χ4v) is 3.11. The molecule has 2 heterocycles. The zero-order chi connectivity index (χ0) is 10.9. The van der Waals surface area contributed by atoms with E-state index in [0.29, 0.717) is 6.04 Å². The standard InChI is InChI=1S/C12H24N2O/c1-10-4-3-6-14(11(10)2)12(8-13)5-7-15-9-12/h10-11H,3-9,13H2,1-2H3. The van der Waals surface area contributed by atoms with Crippen molar-refractivity contribution in [3.63, 3.8) is 0 Å². The molecule has 0 bridgehead atoms. The highest BCUT2D eigenvalue weighted by molar-refractivity contribution is 4.99. The highest BCUT2D eigenvalue weighted by Gasteiger charge is 2.43. The molecular weight excluding hydrogens is 188 g/mol. The van der Waals surface area contributed by atoms with Crippen molar-refractivity contribution in [2.75, 3.05) is 26.3 Å². The summed E-state index contributed by atoms with van der Waals surface area (Å²) in [5, 5.41) is 0. The van der Waals surface area contributed by atoms with Crippen molar-refractivity contribution in [1.82, 2.24) is 4.90 Å². The Hall–Kier alpha value is -0.120. The molecule has 2 fully saturated rings. The van der Waals surface area contributed by atoms with E-state index in [-0.39, 0.29) is 5.54 Å². The van der Waals surface area contributed by atoms with Crippen LogP contribution in [0.5, 0.6) is 0 Å². The largest absolute Gasteiger partial charge is 0.379 e. The second kappa shape index (κ2) is 4.40. The van der Waals surface area contributed by atoms with Gasteiger partial charge in [-0.3, -0.25) is 4.90 Å². The van der Waals surface area contributed by atoms with Crippen LogP contribution < -0.4 is 5.73 Å². The first kappa shape index (κ1) is 11.4. The van der Waals surface area contributed by atoms with Gasteiger partial charge in [0.2, 0.25) is 0 Å². The molecule has 3 heteroatoms. The molecule has 0 aliphatic carbocycles. The van der Waals surface area contributed by atoms with Crippen molar-refractivity contribution in [2.45, 2.75) is 44.7 Å². The van der Waals surface area contributed by atoms with Crippen LogP contribution in [-0.2, 0) is 4.74 Å². The Bertz CT molecular complexity index is 214. The van der Waals surface area contributed by atoms with Crippen LogP contribution in [0.15, 0.2) is 0 Å². The Morgan fingerprint density at radius 1 is 1.47 bits per heavy atom. The maximum absolute atomic E-state index is 5.99. The molecule has 2 N–H and O–H groups in total. The summed E-state index contributed by atoms with van der Waals surface area (Å²) in [6.07, 6.45) is 3.78. The van der Waals surface area contributed by atoms with Gasteiger partial charge in [0.1, 0.15) is 0 Å². The topological polar surface area (TPSA) is 38.5 Å². The first-order valence-electron chi connectivity index (χ1n) is 6.24. The number of hydrogen-bond donors (Lipinski definition) is 1. The Morgan fingerprint density at radius 3 is 2.87 bits per heavy atom. The molecule has 0 aromatic rings. The van der Waals surface area contributed by atoms with Gasteiger partial charge >= 0.3 is 0 Å².